The van der Waals surface area contributed by atoms with E-state index in [-0.39, 0.29) is 17.9 Å². The Morgan fingerprint density at radius 2 is 0.941 bits per heavy atom. The molecule has 10 heteroatoms. The molecule has 0 radical (unpaired) electrons. The Morgan fingerprint density at radius 3 is 1.26 bits per heavy atom. The van der Waals surface area contributed by atoms with Gasteiger partial charge < -0.3 is 33.7 Å². The second-order valence-electron chi connectivity index (χ2n) is 8.17. The standard InChI is InChI=1S/C24H45N3O7/c1-5-12-25(18-9-22(29)32-2)13-6-14-26(19-10-23(30)33-3)15-7-16-27(17-8-21-28)20-11-24(31)34-4/h21H,5-20H2,1-4H3. The zero-order valence-corrected chi connectivity index (χ0v) is 21.6. The number of methoxy groups -OCH3 is 3. The van der Waals surface area contributed by atoms with Crippen LogP contribution in [0.5, 0.6) is 0 Å². The van der Waals surface area contributed by atoms with Crippen molar-refractivity contribution in [2.75, 3.05) is 80.2 Å². The highest BCUT2D eigenvalue weighted by Gasteiger charge is 2.13. The van der Waals surface area contributed by atoms with Gasteiger partial charge in [-0.25, -0.2) is 0 Å². The van der Waals surface area contributed by atoms with Crippen molar-refractivity contribution in [1.29, 1.82) is 0 Å². The fourth-order valence-corrected chi connectivity index (χ4v) is 3.65. The molecule has 0 unspecified atom stereocenters. The summed E-state index contributed by atoms with van der Waals surface area (Å²) in [4.78, 5) is 52.0. The van der Waals surface area contributed by atoms with Crippen molar-refractivity contribution >= 4 is 24.2 Å². The molecule has 34 heavy (non-hydrogen) atoms. The van der Waals surface area contributed by atoms with E-state index in [9.17, 15) is 19.2 Å². The molecular weight excluding hydrogens is 442 g/mol. The van der Waals surface area contributed by atoms with Crippen LogP contribution in [0.15, 0.2) is 0 Å². The van der Waals surface area contributed by atoms with Gasteiger partial charge in [0.05, 0.1) is 40.6 Å². The largest absolute Gasteiger partial charge is 0.469 e. The molecule has 0 saturated heterocycles. The lowest BCUT2D eigenvalue weighted by Gasteiger charge is -2.27. The predicted octanol–water partition coefficient (Wildman–Crippen LogP) is 1.36. The molecule has 0 fully saturated rings. The first kappa shape index (κ1) is 32.0. The third-order valence-corrected chi connectivity index (χ3v) is 5.58. The molecule has 0 bridgehead atoms. The van der Waals surface area contributed by atoms with Crippen LogP contribution >= 0.6 is 0 Å². The van der Waals surface area contributed by atoms with E-state index in [4.69, 9.17) is 14.2 Å². The van der Waals surface area contributed by atoms with Crippen molar-refractivity contribution in [3.8, 4) is 0 Å². The van der Waals surface area contributed by atoms with E-state index >= 15 is 0 Å². The van der Waals surface area contributed by atoms with Crippen LogP contribution in [-0.4, -0.2) is 119 Å². The minimum Gasteiger partial charge on any atom is -0.469 e. The smallest absolute Gasteiger partial charge is 0.306 e. The number of hydrogen-bond acceptors (Lipinski definition) is 10. The van der Waals surface area contributed by atoms with E-state index in [0.29, 0.717) is 51.9 Å². The molecule has 0 aliphatic rings. The lowest BCUT2D eigenvalue weighted by molar-refractivity contribution is -0.141. The van der Waals surface area contributed by atoms with E-state index in [1.165, 1.54) is 21.3 Å². The summed E-state index contributed by atoms with van der Waals surface area (Å²) in [6.45, 7) is 8.71. The summed E-state index contributed by atoms with van der Waals surface area (Å²) < 4.78 is 14.2. The monoisotopic (exact) mass is 487 g/mol. The van der Waals surface area contributed by atoms with Gasteiger partial charge in [-0.2, -0.15) is 0 Å². The summed E-state index contributed by atoms with van der Waals surface area (Å²) in [6.07, 6.45) is 5.08. The first-order valence-corrected chi connectivity index (χ1v) is 12.2. The van der Waals surface area contributed by atoms with Crippen molar-refractivity contribution < 1.29 is 33.4 Å². The fourth-order valence-electron chi connectivity index (χ4n) is 3.65. The molecular formula is C24H45N3O7. The lowest BCUT2D eigenvalue weighted by atomic mass is 10.2. The number of carbonyl (C=O) groups is 4. The number of nitrogens with zero attached hydrogens (tertiary/aromatic N) is 3. The zero-order valence-electron chi connectivity index (χ0n) is 21.6. The summed E-state index contributed by atoms with van der Waals surface area (Å²) in [5.74, 6) is -0.701. The van der Waals surface area contributed by atoms with Gasteiger partial charge in [0.2, 0.25) is 0 Å². The van der Waals surface area contributed by atoms with Crippen molar-refractivity contribution in [3.63, 3.8) is 0 Å². The molecule has 10 nitrogen and oxygen atoms in total. The predicted molar refractivity (Wildman–Crippen MR) is 129 cm³/mol. The molecule has 0 aliphatic carbocycles. The van der Waals surface area contributed by atoms with Crippen LogP contribution in [0.4, 0.5) is 0 Å². The number of carbonyl (C=O) groups excluding carboxylic acids is 4. The summed E-state index contributed by atoms with van der Waals surface area (Å²) in [5.41, 5.74) is 0. The molecule has 0 amide bonds. The highest BCUT2D eigenvalue weighted by molar-refractivity contribution is 5.70. The van der Waals surface area contributed by atoms with Crippen LogP contribution in [0.25, 0.3) is 0 Å². The van der Waals surface area contributed by atoms with E-state index < -0.39 is 0 Å². The average molecular weight is 488 g/mol. The second-order valence-corrected chi connectivity index (χ2v) is 8.17. The lowest BCUT2D eigenvalue weighted by Crippen LogP contribution is -2.35. The van der Waals surface area contributed by atoms with Crippen molar-refractivity contribution in [3.05, 3.63) is 0 Å². The number of esters is 3. The maximum Gasteiger partial charge on any atom is 0.306 e. The van der Waals surface area contributed by atoms with E-state index in [1.807, 2.05) is 0 Å². The maximum atomic E-state index is 11.7. The van der Waals surface area contributed by atoms with Gasteiger partial charge in [0.1, 0.15) is 6.29 Å². The van der Waals surface area contributed by atoms with Crippen molar-refractivity contribution in [2.45, 2.75) is 51.9 Å². The van der Waals surface area contributed by atoms with E-state index in [1.54, 1.807) is 0 Å². The zero-order chi connectivity index (χ0) is 25.6. The molecule has 0 rings (SSSR count). The van der Waals surface area contributed by atoms with Crippen LogP contribution in [0.3, 0.4) is 0 Å². The van der Waals surface area contributed by atoms with Gasteiger partial charge in [-0.05, 0) is 52.0 Å². The Kier molecular flexibility index (Phi) is 20.2. The van der Waals surface area contributed by atoms with E-state index in [0.717, 1.165) is 58.3 Å². The van der Waals surface area contributed by atoms with Crippen LogP contribution in [-0.2, 0) is 33.4 Å². The first-order chi connectivity index (χ1) is 16.4. The second kappa shape index (κ2) is 21.5. The van der Waals surface area contributed by atoms with Gasteiger partial charge in [-0.15, -0.1) is 0 Å². The first-order valence-electron chi connectivity index (χ1n) is 12.2. The van der Waals surface area contributed by atoms with Gasteiger partial charge in [-0.1, -0.05) is 6.92 Å². The topological polar surface area (TPSA) is 106 Å². The van der Waals surface area contributed by atoms with E-state index in [2.05, 4.69) is 21.6 Å². The number of aldehydes is 1. The Balaban J connectivity index is 4.71. The summed E-state index contributed by atoms with van der Waals surface area (Å²) >= 11 is 0. The Hall–Kier alpha value is -2.04. The third kappa shape index (κ3) is 17.4. The fraction of sp³-hybridized carbons (Fsp3) is 0.833. The Labute approximate surface area is 204 Å². The number of rotatable bonds is 22. The SMILES string of the molecule is CCCN(CCCN(CCCN(CCC=O)CCC(=O)OC)CCC(=O)OC)CCC(=O)OC. The molecule has 0 saturated carbocycles. The Morgan fingerprint density at radius 1 is 0.588 bits per heavy atom. The molecule has 0 atom stereocenters. The third-order valence-electron chi connectivity index (χ3n) is 5.58. The normalized spacial score (nSPS) is 11.1. The molecule has 0 aliphatic heterocycles. The van der Waals surface area contributed by atoms with Gasteiger partial charge in [0, 0.05) is 32.6 Å². The molecule has 0 aromatic rings. The highest BCUT2D eigenvalue weighted by atomic mass is 16.5. The molecule has 0 aromatic heterocycles. The van der Waals surface area contributed by atoms with Gasteiger partial charge in [0.25, 0.3) is 0 Å². The minimum absolute atomic E-state index is 0.202. The number of ether oxygens (including phenoxy) is 3. The minimum atomic E-state index is -0.264. The van der Waals surface area contributed by atoms with Crippen molar-refractivity contribution in [2.24, 2.45) is 0 Å². The Bertz CT molecular complexity index is 575. The summed E-state index contributed by atoms with van der Waals surface area (Å²) in [5, 5.41) is 0. The summed E-state index contributed by atoms with van der Waals surface area (Å²) in [6, 6.07) is 0. The van der Waals surface area contributed by atoms with Crippen LogP contribution in [0.2, 0.25) is 0 Å². The van der Waals surface area contributed by atoms with Crippen molar-refractivity contribution in [1.82, 2.24) is 14.7 Å². The molecule has 0 heterocycles. The molecule has 0 N–H and O–H groups in total. The van der Waals surface area contributed by atoms with Crippen LogP contribution < -0.4 is 0 Å². The quantitative estimate of drug-likeness (QED) is 0.126. The van der Waals surface area contributed by atoms with Gasteiger partial charge in [-0.3, -0.25) is 14.4 Å². The van der Waals surface area contributed by atoms with Gasteiger partial charge >= 0.3 is 17.9 Å². The summed E-state index contributed by atoms with van der Waals surface area (Å²) in [7, 11) is 4.17. The van der Waals surface area contributed by atoms with Crippen LogP contribution in [0.1, 0.15) is 51.9 Å². The van der Waals surface area contributed by atoms with Crippen LogP contribution in [0, 0.1) is 0 Å². The van der Waals surface area contributed by atoms with Gasteiger partial charge in [0.15, 0.2) is 0 Å². The highest BCUT2D eigenvalue weighted by Crippen LogP contribution is 2.04. The average Bonchev–Trinajstić information content (AvgIpc) is 2.85. The molecule has 198 valence electrons. The molecule has 0 spiro atoms. The number of hydrogen-bond donors (Lipinski definition) is 0. The molecule has 0 aromatic carbocycles. The maximum absolute atomic E-state index is 11.7.